The Morgan fingerprint density at radius 1 is 1.19 bits per heavy atom. The van der Waals surface area contributed by atoms with Crippen LogP contribution >= 0.6 is 0 Å². The number of primary amides is 1. The van der Waals surface area contributed by atoms with Gasteiger partial charge in [-0.1, -0.05) is 30.3 Å². The van der Waals surface area contributed by atoms with E-state index in [4.69, 9.17) is 10.5 Å². The molecule has 0 spiro atoms. The number of benzene rings is 2. The Morgan fingerprint density at radius 3 is 2.63 bits per heavy atom. The van der Waals surface area contributed by atoms with Crippen LogP contribution in [-0.2, 0) is 9.59 Å². The van der Waals surface area contributed by atoms with Crippen LogP contribution in [0.5, 0.6) is 5.75 Å². The Morgan fingerprint density at radius 2 is 1.93 bits per heavy atom. The zero-order valence-electron chi connectivity index (χ0n) is 14.5. The number of aromatic nitrogens is 2. The van der Waals surface area contributed by atoms with Crippen molar-refractivity contribution in [1.82, 2.24) is 9.78 Å². The van der Waals surface area contributed by atoms with E-state index >= 15 is 0 Å². The first-order valence-corrected chi connectivity index (χ1v) is 8.56. The molecule has 7 heteroatoms. The molecule has 0 saturated heterocycles. The third-order valence-electron chi connectivity index (χ3n) is 4.48. The average Bonchev–Trinajstić information content (AvgIpc) is 3.10. The Hall–Kier alpha value is -3.61. The van der Waals surface area contributed by atoms with E-state index in [9.17, 15) is 9.59 Å². The summed E-state index contributed by atoms with van der Waals surface area (Å²) in [6.45, 7) is -0.167. The summed E-state index contributed by atoms with van der Waals surface area (Å²) in [5.74, 6) is 0.561. The van der Waals surface area contributed by atoms with E-state index in [2.05, 4.69) is 10.4 Å². The maximum absolute atomic E-state index is 12.3. The second kappa shape index (κ2) is 6.95. The number of fused-ring (bicyclic) bond motifs is 1. The van der Waals surface area contributed by atoms with Gasteiger partial charge in [-0.05, 0) is 29.8 Å². The molecule has 3 N–H and O–H groups in total. The molecule has 2 amide bonds. The van der Waals surface area contributed by atoms with Gasteiger partial charge in [0, 0.05) is 17.9 Å². The second-order valence-electron chi connectivity index (χ2n) is 6.32. The first-order valence-electron chi connectivity index (χ1n) is 8.56. The van der Waals surface area contributed by atoms with Gasteiger partial charge in [-0.3, -0.25) is 9.59 Å². The third-order valence-corrected chi connectivity index (χ3v) is 4.48. The molecule has 1 aromatic heterocycles. The molecule has 0 fully saturated rings. The molecular weight excluding hydrogens is 344 g/mol. The van der Waals surface area contributed by atoms with E-state index in [1.807, 2.05) is 42.5 Å². The maximum atomic E-state index is 12.3. The first-order chi connectivity index (χ1) is 13.1. The van der Waals surface area contributed by atoms with E-state index in [1.54, 1.807) is 23.0 Å². The highest BCUT2D eigenvalue weighted by atomic mass is 16.5. The fraction of sp³-hybridized carbons (Fsp3) is 0.150. The third kappa shape index (κ3) is 3.39. The summed E-state index contributed by atoms with van der Waals surface area (Å²) in [4.78, 5) is 23.1. The lowest BCUT2D eigenvalue weighted by molar-refractivity contribution is -0.120. The van der Waals surface area contributed by atoms with Crippen molar-refractivity contribution >= 4 is 17.6 Å². The Balaban J connectivity index is 1.65. The Kier molecular flexibility index (Phi) is 4.33. The minimum atomic E-state index is -0.527. The zero-order chi connectivity index (χ0) is 18.8. The molecule has 1 atom stereocenters. The van der Waals surface area contributed by atoms with Crippen LogP contribution in [-0.4, -0.2) is 28.2 Å². The summed E-state index contributed by atoms with van der Waals surface area (Å²) in [5, 5.41) is 7.41. The lowest BCUT2D eigenvalue weighted by Gasteiger charge is -2.24. The topological polar surface area (TPSA) is 99.2 Å². The van der Waals surface area contributed by atoms with Gasteiger partial charge in [0.05, 0.1) is 11.9 Å². The number of nitrogens with zero attached hydrogens (tertiary/aromatic N) is 2. The molecule has 136 valence electrons. The smallest absolute Gasteiger partial charge is 0.255 e. The molecule has 0 aliphatic carbocycles. The van der Waals surface area contributed by atoms with Crippen LogP contribution in [0.15, 0.2) is 60.8 Å². The number of hydrogen-bond acceptors (Lipinski definition) is 4. The summed E-state index contributed by atoms with van der Waals surface area (Å²) >= 11 is 0. The molecule has 1 aliphatic rings. The van der Waals surface area contributed by atoms with Crippen molar-refractivity contribution < 1.29 is 14.3 Å². The van der Waals surface area contributed by atoms with Crippen LogP contribution in [0.2, 0.25) is 0 Å². The van der Waals surface area contributed by atoms with Gasteiger partial charge in [0.2, 0.25) is 5.91 Å². The zero-order valence-corrected chi connectivity index (χ0v) is 14.5. The first kappa shape index (κ1) is 16.8. The fourth-order valence-electron chi connectivity index (χ4n) is 3.23. The minimum absolute atomic E-state index is 0.0563. The van der Waals surface area contributed by atoms with Crippen LogP contribution in [0, 0.1) is 0 Å². The monoisotopic (exact) mass is 362 g/mol. The van der Waals surface area contributed by atoms with Gasteiger partial charge in [0.15, 0.2) is 6.61 Å². The summed E-state index contributed by atoms with van der Waals surface area (Å²) in [6.07, 6.45) is 2.14. The highest BCUT2D eigenvalue weighted by Crippen LogP contribution is 2.38. The van der Waals surface area contributed by atoms with Crippen molar-refractivity contribution in [1.29, 1.82) is 0 Å². The van der Waals surface area contributed by atoms with Crippen LogP contribution in [0.1, 0.15) is 23.5 Å². The highest BCUT2D eigenvalue weighted by Gasteiger charge is 2.30. The number of carbonyl (C=O) groups is 2. The van der Waals surface area contributed by atoms with E-state index in [0.29, 0.717) is 18.0 Å². The van der Waals surface area contributed by atoms with Crippen LogP contribution < -0.4 is 15.8 Å². The van der Waals surface area contributed by atoms with Gasteiger partial charge in [-0.2, -0.15) is 5.10 Å². The van der Waals surface area contributed by atoms with E-state index < -0.39 is 5.91 Å². The predicted octanol–water partition coefficient (Wildman–Crippen LogP) is 2.21. The molecule has 0 unspecified atom stereocenters. The Bertz CT molecular complexity index is 980. The summed E-state index contributed by atoms with van der Waals surface area (Å²) in [7, 11) is 0. The number of nitrogens with one attached hydrogen (secondary N) is 1. The number of ether oxygens (including phenoxy) is 1. The molecule has 3 aromatic rings. The maximum Gasteiger partial charge on any atom is 0.255 e. The number of hydrogen-bond donors (Lipinski definition) is 2. The second-order valence-corrected chi connectivity index (χ2v) is 6.32. The van der Waals surface area contributed by atoms with Crippen molar-refractivity contribution in [2.75, 3.05) is 11.9 Å². The molecule has 2 heterocycles. The SMILES string of the molecule is NC(=O)COc1ccc([C@@H]2CC(=O)Nc3c2cnn3-c2ccccc2)cc1. The van der Waals surface area contributed by atoms with Crippen molar-refractivity contribution in [3.63, 3.8) is 0 Å². The van der Waals surface area contributed by atoms with E-state index in [1.165, 1.54) is 0 Å². The summed E-state index contributed by atoms with van der Waals surface area (Å²) < 4.78 is 7.03. The van der Waals surface area contributed by atoms with Gasteiger partial charge >= 0.3 is 0 Å². The van der Waals surface area contributed by atoms with E-state index in [0.717, 1.165) is 16.8 Å². The van der Waals surface area contributed by atoms with Crippen molar-refractivity contribution in [2.24, 2.45) is 5.73 Å². The minimum Gasteiger partial charge on any atom is -0.484 e. The van der Waals surface area contributed by atoms with Crippen molar-refractivity contribution in [3.05, 3.63) is 71.9 Å². The number of amides is 2. The van der Waals surface area contributed by atoms with Crippen LogP contribution in [0.25, 0.3) is 5.69 Å². The molecule has 1 aliphatic heterocycles. The summed E-state index contributed by atoms with van der Waals surface area (Å²) in [6, 6.07) is 17.0. The molecule has 2 aromatic carbocycles. The molecule has 0 bridgehead atoms. The predicted molar refractivity (Wildman–Crippen MR) is 99.8 cm³/mol. The van der Waals surface area contributed by atoms with Gasteiger partial charge in [-0.25, -0.2) is 4.68 Å². The van der Waals surface area contributed by atoms with Gasteiger partial charge in [0.1, 0.15) is 11.6 Å². The molecule has 0 saturated carbocycles. The highest BCUT2D eigenvalue weighted by molar-refractivity contribution is 5.94. The number of nitrogens with two attached hydrogens (primary N) is 1. The molecular formula is C20H18N4O3. The molecule has 0 radical (unpaired) electrons. The summed E-state index contributed by atoms with van der Waals surface area (Å²) in [5.41, 5.74) is 7.91. The lowest BCUT2D eigenvalue weighted by Crippen LogP contribution is -2.24. The number of para-hydroxylation sites is 1. The Labute approximate surface area is 155 Å². The average molecular weight is 362 g/mol. The van der Waals surface area contributed by atoms with Gasteiger partial charge < -0.3 is 15.8 Å². The molecule has 7 nitrogen and oxygen atoms in total. The van der Waals surface area contributed by atoms with Gasteiger partial charge in [0.25, 0.3) is 5.91 Å². The number of carbonyl (C=O) groups excluding carboxylic acids is 2. The van der Waals surface area contributed by atoms with Crippen LogP contribution in [0.3, 0.4) is 0 Å². The number of anilines is 1. The van der Waals surface area contributed by atoms with Crippen molar-refractivity contribution in [3.8, 4) is 11.4 Å². The number of rotatable bonds is 5. The quantitative estimate of drug-likeness (QED) is 0.727. The lowest BCUT2D eigenvalue weighted by atomic mass is 9.87. The molecule has 4 rings (SSSR count). The van der Waals surface area contributed by atoms with Gasteiger partial charge in [-0.15, -0.1) is 0 Å². The largest absolute Gasteiger partial charge is 0.484 e. The molecule has 27 heavy (non-hydrogen) atoms. The standard InChI is InChI=1S/C20H18N4O3/c21-18(25)12-27-15-8-6-13(7-9-15)16-10-19(26)23-20-17(16)11-22-24(20)14-4-2-1-3-5-14/h1-9,11,16H,10,12H2,(H2,21,25)(H,23,26)/t16-/m0/s1. The van der Waals surface area contributed by atoms with E-state index in [-0.39, 0.29) is 18.4 Å². The normalized spacial score (nSPS) is 15.7. The van der Waals surface area contributed by atoms with Crippen LogP contribution in [0.4, 0.5) is 5.82 Å². The van der Waals surface area contributed by atoms with Crippen molar-refractivity contribution in [2.45, 2.75) is 12.3 Å². The fourth-order valence-corrected chi connectivity index (χ4v) is 3.23.